The van der Waals surface area contributed by atoms with Gasteiger partial charge >= 0.3 is 6.18 Å². The number of amides is 1. The van der Waals surface area contributed by atoms with Gasteiger partial charge in [-0.1, -0.05) is 24.6 Å². The van der Waals surface area contributed by atoms with E-state index in [4.69, 9.17) is 4.74 Å². The fourth-order valence-electron chi connectivity index (χ4n) is 3.19. The van der Waals surface area contributed by atoms with Crippen LogP contribution in [-0.2, 0) is 11.3 Å². The fourth-order valence-corrected chi connectivity index (χ4v) is 3.19. The zero-order valence-corrected chi connectivity index (χ0v) is 20.2. The second-order valence-electron chi connectivity index (χ2n) is 7.18. The molecule has 0 radical (unpaired) electrons. The van der Waals surface area contributed by atoms with E-state index in [-0.39, 0.29) is 42.2 Å². The van der Waals surface area contributed by atoms with Gasteiger partial charge in [0, 0.05) is 38.2 Å². The highest BCUT2D eigenvalue weighted by molar-refractivity contribution is 14.0. The van der Waals surface area contributed by atoms with Crippen molar-refractivity contribution in [3.63, 3.8) is 0 Å². The van der Waals surface area contributed by atoms with Crippen LogP contribution in [0.4, 0.5) is 13.2 Å². The molecule has 0 atom stereocenters. The maximum atomic E-state index is 12.4. The van der Waals surface area contributed by atoms with Crippen molar-refractivity contribution < 1.29 is 22.7 Å². The molecule has 0 bridgehead atoms. The van der Waals surface area contributed by atoms with Gasteiger partial charge in [0.2, 0.25) is 5.91 Å². The Bertz CT molecular complexity index is 701. The van der Waals surface area contributed by atoms with Crippen molar-refractivity contribution in [1.82, 2.24) is 15.5 Å². The molecule has 1 aliphatic heterocycles. The van der Waals surface area contributed by atoms with E-state index in [1.54, 1.807) is 18.2 Å². The van der Waals surface area contributed by atoms with Crippen molar-refractivity contribution in [2.45, 2.75) is 51.7 Å². The molecular weight excluding hydrogens is 524 g/mol. The van der Waals surface area contributed by atoms with Crippen molar-refractivity contribution in [1.29, 1.82) is 0 Å². The third-order valence-electron chi connectivity index (χ3n) is 4.68. The number of carbonyl (C=O) groups is 1. The zero-order valence-electron chi connectivity index (χ0n) is 17.8. The van der Waals surface area contributed by atoms with Crippen LogP contribution in [-0.4, -0.2) is 55.7 Å². The van der Waals surface area contributed by atoms with Gasteiger partial charge in [0.25, 0.3) is 0 Å². The Balaban J connectivity index is 0.00000480. The van der Waals surface area contributed by atoms with Crippen LogP contribution in [0.2, 0.25) is 0 Å². The molecule has 0 unspecified atom stereocenters. The number of para-hydroxylation sites is 1. The third-order valence-corrected chi connectivity index (χ3v) is 4.68. The summed E-state index contributed by atoms with van der Waals surface area (Å²) >= 11 is 0. The number of aliphatic imine (C=N–C) groups is 1. The van der Waals surface area contributed by atoms with Gasteiger partial charge in [-0.05, 0) is 32.3 Å². The number of nitrogens with zero attached hydrogens (tertiary/aromatic N) is 2. The van der Waals surface area contributed by atoms with Gasteiger partial charge in [-0.2, -0.15) is 13.2 Å². The van der Waals surface area contributed by atoms with E-state index in [2.05, 4.69) is 15.6 Å². The number of likely N-dealkylation sites (tertiary alicyclic amines) is 1. The molecular formula is C21H32F3IN4O2. The summed E-state index contributed by atoms with van der Waals surface area (Å²) in [5.74, 6) is 0.975. The average Bonchev–Trinajstić information content (AvgIpc) is 2.91. The van der Waals surface area contributed by atoms with E-state index < -0.39 is 12.8 Å². The molecule has 2 rings (SSSR count). The highest BCUT2D eigenvalue weighted by atomic mass is 127. The Morgan fingerprint density at radius 1 is 1.19 bits per heavy atom. The van der Waals surface area contributed by atoms with Crippen LogP contribution in [0.15, 0.2) is 29.3 Å². The molecule has 176 valence electrons. The summed E-state index contributed by atoms with van der Waals surface area (Å²) < 4.78 is 42.2. The summed E-state index contributed by atoms with van der Waals surface area (Å²) in [6, 6.07) is 6.58. The van der Waals surface area contributed by atoms with Gasteiger partial charge in [0.05, 0.1) is 6.54 Å². The highest BCUT2D eigenvalue weighted by Gasteiger charge is 2.28. The normalized spacial score (nSPS) is 15.2. The Morgan fingerprint density at radius 2 is 1.97 bits per heavy atom. The number of carbonyl (C=O) groups excluding carboxylic acids is 1. The van der Waals surface area contributed by atoms with Crippen LogP contribution in [0, 0.1) is 0 Å². The number of halogens is 4. The molecule has 0 aromatic heterocycles. The van der Waals surface area contributed by atoms with Crippen LogP contribution in [0.3, 0.4) is 0 Å². The molecule has 6 nitrogen and oxygen atoms in total. The monoisotopic (exact) mass is 556 g/mol. The molecule has 1 fully saturated rings. The topological polar surface area (TPSA) is 66.0 Å². The van der Waals surface area contributed by atoms with Crippen LogP contribution < -0.4 is 15.4 Å². The van der Waals surface area contributed by atoms with Crippen LogP contribution in [0.5, 0.6) is 5.75 Å². The molecule has 1 heterocycles. The SMILES string of the molecule is CCNC(=NCc1ccccc1OCC(F)(F)F)NCCCN1CCCCCC1=O.I. The molecule has 2 N–H and O–H groups in total. The lowest BCUT2D eigenvalue weighted by Crippen LogP contribution is -2.39. The molecule has 0 saturated carbocycles. The molecule has 1 saturated heterocycles. The van der Waals surface area contributed by atoms with E-state index in [1.165, 1.54) is 6.07 Å². The second kappa shape index (κ2) is 14.4. The Hall–Kier alpha value is -1.72. The van der Waals surface area contributed by atoms with Gasteiger partial charge in [-0.3, -0.25) is 4.79 Å². The molecule has 10 heteroatoms. The first kappa shape index (κ1) is 27.3. The maximum Gasteiger partial charge on any atom is 0.422 e. The lowest BCUT2D eigenvalue weighted by molar-refractivity contribution is -0.153. The Kier molecular flexibility index (Phi) is 12.7. The summed E-state index contributed by atoms with van der Waals surface area (Å²) in [7, 11) is 0. The number of rotatable bonds is 9. The molecule has 1 aromatic carbocycles. The van der Waals surface area contributed by atoms with Crippen LogP contribution in [0.1, 0.15) is 44.6 Å². The second-order valence-corrected chi connectivity index (χ2v) is 7.18. The smallest absolute Gasteiger partial charge is 0.422 e. The average molecular weight is 556 g/mol. The minimum atomic E-state index is -4.39. The summed E-state index contributed by atoms with van der Waals surface area (Å²) in [6.45, 7) is 3.62. The number of hydrogen-bond acceptors (Lipinski definition) is 3. The van der Waals surface area contributed by atoms with Crippen molar-refractivity contribution in [3.05, 3.63) is 29.8 Å². The zero-order chi connectivity index (χ0) is 21.8. The quantitative estimate of drug-likeness (QED) is 0.208. The maximum absolute atomic E-state index is 12.4. The molecule has 1 aromatic rings. The van der Waals surface area contributed by atoms with E-state index in [1.807, 2.05) is 11.8 Å². The van der Waals surface area contributed by atoms with Crippen molar-refractivity contribution in [3.8, 4) is 5.75 Å². The van der Waals surface area contributed by atoms with Crippen molar-refractivity contribution in [2.24, 2.45) is 4.99 Å². The summed E-state index contributed by atoms with van der Waals surface area (Å²) in [5, 5.41) is 6.34. The molecule has 31 heavy (non-hydrogen) atoms. The third kappa shape index (κ3) is 10.9. The minimum Gasteiger partial charge on any atom is -0.484 e. The van der Waals surface area contributed by atoms with Gasteiger partial charge in [0.15, 0.2) is 12.6 Å². The highest BCUT2D eigenvalue weighted by Crippen LogP contribution is 2.22. The fraction of sp³-hybridized carbons (Fsp3) is 0.619. The molecule has 1 amide bonds. The molecule has 0 spiro atoms. The van der Waals surface area contributed by atoms with Crippen molar-refractivity contribution in [2.75, 3.05) is 32.8 Å². The Morgan fingerprint density at radius 3 is 2.71 bits per heavy atom. The van der Waals surface area contributed by atoms with Crippen molar-refractivity contribution >= 4 is 35.8 Å². The van der Waals surface area contributed by atoms with E-state index in [0.29, 0.717) is 37.6 Å². The van der Waals surface area contributed by atoms with E-state index >= 15 is 0 Å². The summed E-state index contributed by atoms with van der Waals surface area (Å²) in [5.41, 5.74) is 0.578. The van der Waals surface area contributed by atoms with Gasteiger partial charge in [-0.25, -0.2) is 4.99 Å². The summed E-state index contributed by atoms with van der Waals surface area (Å²) in [6.07, 6.45) is 0.167. The number of guanidine groups is 1. The lowest BCUT2D eigenvalue weighted by Gasteiger charge is -2.20. The first-order valence-electron chi connectivity index (χ1n) is 10.5. The van der Waals surface area contributed by atoms with Gasteiger partial charge in [0.1, 0.15) is 5.75 Å². The van der Waals surface area contributed by atoms with E-state index in [9.17, 15) is 18.0 Å². The molecule has 0 aliphatic carbocycles. The first-order chi connectivity index (χ1) is 14.4. The minimum absolute atomic E-state index is 0. The van der Waals surface area contributed by atoms with Crippen LogP contribution in [0.25, 0.3) is 0 Å². The number of benzene rings is 1. The lowest BCUT2D eigenvalue weighted by atomic mass is 10.2. The first-order valence-corrected chi connectivity index (χ1v) is 10.5. The number of alkyl halides is 3. The standard InChI is InChI=1S/C21H31F3N4O2.HI/c1-2-25-20(26-12-8-14-28-13-7-3-4-11-19(28)29)27-15-17-9-5-6-10-18(17)30-16-21(22,23)24;/h5-6,9-10H,2-4,7-8,11-16H2,1H3,(H2,25,26,27);1H. The predicted octanol–water partition coefficient (Wildman–Crippen LogP) is 4.09. The summed E-state index contributed by atoms with van der Waals surface area (Å²) in [4.78, 5) is 18.4. The van der Waals surface area contributed by atoms with E-state index in [0.717, 1.165) is 32.2 Å². The molecule has 1 aliphatic rings. The largest absolute Gasteiger partial charge is 0.484 e. The van der Waals surface area contributed by atoms with Crippen LogP contribution >= 0.6 is 24.0 Å². The number of ether oxygens (including phenoxy) is 1. The predicted molar refractivity (Wildman–Crippen MR) is 126 cm³/mol. The van der Waals surface area contributed by atoms with Gasteiger partial charge in [-0.15, -0.1) is 24.0 Å². The van der Waals surface area contributed by atoms with Gasteiger partial charge < -0.3 is 20.3 Å². The Labute approximate surface area is 199 Å². The number of nitrogens with one attached hydrogen (secondary N) is 2. The number of hydrogen-bond donors (Lipinski definition) is 2.